The standard InChI is InChI=1S/C12H16BrN3O.ClH/c1-14-9-4-3-7-16(8-9)12(17)11-10(13)5-2-6-15-11;/h2,5-6,9,14H,3-4,7-8H2,1H3;1H. The molecule has 1 N–H and O–H groups in total. The van der Waals surface area contributed by atoms with Gasteiger partial charge in [0.2, 0.25) is 0 Å². The highest BCUT2D eigenvalue weighted by atomic mass is 79.9. The normalized spacial score (nSPS) is 19.2. The number of piperidine rings is 1. The summed E-state index contributed by atoms with van der Waals surface area (Å²) in [5, 5.41) is 3.23. The Labute approximate surface area is 122 Å². The number of likely N-dealkylation sites (tertiary alicyclic amines) is 1. The minimum Gasteiger partial charge on any atom is -0.336 e. The molecule has 0 radical (unpaired) electrons. The molecule has 4 nitrogen and oxygen atoms in total. The third kappa shape index (κ3) is 3.43. The number of hydrogen-bond acceptors (Lipinski definition) is 3. The van der Waals surface area contributed by atoms with Gasteiger partial charge in [-0.1, -0.05) is 0 Å². The Morgan fingerprint density at radius 1 is 1.61 bits per heavy atom. The number of halogens is 2. The van der Waals surface area contributed by atoms with Gasteiger partial charge in [0.05, 0.1) is 0 Å². The van der Waals surface area contributed by atoms with Gasteiger partial charge in [-0.2, -0.15) is 0 Å². The predicted molar refractivity (Wildman–Crippen MR) is 77.2 cm³/mol. The van der Waals surface area contributed by atoms with E-state index in [0.717, 1.165) is 30.4 Å². The zero-order valence-electron chi connectivity index (χ0n) is 10.2. The molecule has 2 heterocycles. The molecule has 100 valence electrons. The Morgan fingerprint density at radius 3 is 3.06 bits per heavy atom. The maximum Gasteiger partial charge on any atom is 0.273 e. The molecule has 1 aromatic heterocycles. The van der Waals surface area contributed by atoms with E-state index >= 15 is 0 Å². The van der Waals surface area contributed by atoms with Gasteiger partial charge in [-0.25, -0.2) is 4.98 Å². The van der Waals surface area contributed by atoms with E-state index in [0.29, 0.717) is 11.7 Å². The lowest BCUT2D eigenvalue weighted by Crippen LogP contribution is -2.47. The molecule has 0 aliphatic carbocycles. The summed E-state index contributed by atoms with van der Waals surface area (Å²) >= 11 is 3.37. The fraction of sp³-hybridized carbons (Fsp3) is 0.500. The highest BCUT2D eigenvalue weighted by molar-refractivity contribution is 9.10. The Balaban J connectivity index is 0.00000162. The lowest BCUT2D eigenvalue weighted by Gasteiger charge is -2.32. The zero-order valence-corrected chi connectivity index (χ0v) is 12.6. The first-order chi connectivity index (χ1) is 8.22. The first-order valence-corrected chi connectivity index (χ1v) is 6.58. The second-order valence-electron chi connectivity index (χ2n) is 4.21. The molecule has 1 amide bonds. The summed E-state index contributed by atoms with van der Waals surface area (Å²) in [6, 6.07) is 4.06. The maximum absolute atomic E-state index is 12.3. The molecule has 1 aliphatic heterocycles. The molecule has 0 saturated carbocycles. The fourth-order valence-electron chi connectivity index (χ4n) is 2.09. The van der Waals surface area contributed by atoms with E-state index in [4.69, 9.17) is 0 Å². The topological polar surface area (TPSA) is 45.2 Å². The lowest BCUT2D eigenvalue weighted by molar-refractivity contribution is 0.0691. The Morgan fingerprint density at radius 2 is 2.39 bits per heavy atom. The summed E-state index contributed by atoms with van der Waals surface area (Å²) in [6.07, 6.45) is 3.82. The smallest absolute Gasteiger partial charge is 0.273 e. The highest BCUT2D eigenvalue weighted by Gasteiger charge is 2.25. The van der Waals surface area contributed by atoms with Gasteiger partial charge in [-0.15, -0.1) is 12.4 Å². The van der Waals surface area contributed by atoms with Crippen LogP contribution in [-0.4, -0.2) is 42.0 Å². The van der Waals surface area contributed by atoms with Gasteiger partial charge in [-0.05, 0) is 48.0 Å². The monoisotopic (exact) mass is 333 g/mol. The third-order valence-corrected chi connectivity index (χ3v) is 3.72. The predicted octanol–water partition coefficient (Wildman–Crippen LogP) is 2.09. The Hall–Kier alpha value is -0.650. The SMILES string of the molecule is CNC1CCCN(C(=O)c2ncccc2Br)C1.Cl. The lowest BCUT2D eigenvalue weighted by atomic mass is 10.1. The molecule has 0 spiro atoms. The summed E-state index contributed by atoms with van der Waals surface area (Å²) in [5.74, 6) is 0.0115. The van der Waals surface area contributed by atoms with Crippen LogP contribution in [0.5, 0.6) is 0 Å². The van der Waals surface area contributed by atoms with Crippen LogP contribution in [0.3, 0.4) is 0 Å². The quantitative estimate of drug-likeness (QED) is 0.901. The third-order valence-electron chi connectivity index (χ3n) is 3.08. The van der Waals surface area contributed by atoms with Gasteiger partial charge in [-0.3, -0.25) is 4.79 Å². The molecular weight excluding hydrogens is 318 g/mol. The van der Waals surface area contributed by atoms with E-state index in [1.165, 1.54) is 0 Å². The van der Waals surface area contributed by atoms with Crippen LogP contribution in [-0.2, 0) is 0 Å². The highest BCUT2D eigenvalue weighted by Crippen LogP contribution is 2.18. The van der Waals surface area contributed by atoms with Gasteiger partial charge in [0, 0.05) is 29.8 Å². The van der Waals surface area contributed by atoms with Crippen molar-refractivity contribution in [2.75, 3.05) is 20.1 Å². The van der Waals surface area contributed by atoms with Crippen molar-refractivity contribution in [2.45, 2.75) is 18.9 Å². The second kappa shape index (κ2) is 7.07. The summed E-state index contributed by atoms with van der Waals surface area (Å²) in [5.41, 5.74) is 0.504. The summed E-state index contributed by atoms with van der Waals surface area (Å²) in [4.78, 5) is 18.3. The Kier molecular flexibility index (Phi) is 6.05. The van der Waals surface area contributed by atoms with Crippen molar-refractivity contribution in [3.05, 3.63) is 28.5 Å². The molecule has 1 aliphatic rings. The van der Waals surface area contributed by atoms with Crippen LogP contribution in [0, 0.1) is 0 Å². The van der Waals surface area contributed by atoms with Crippen molar-refractivity contribution in [3.8, 4) is 0 Å². The number of pyridine rings is 1. The average molecular weight is 335 g/mol. The molecule has 1 fully saturated rings. The summed E-state index contributed by atoms with van der Waals surface area (Å²) < 4.78 is 0.761. The van der Waals surface area contributed by atoms with Crippen molar-refractivity contribution in [1.82, 2.24) is 15.2 Å². The minimum atomic E-state index is 0. The zero-order chi connectivity index (χ0) is 12.3. The van der Waals surface area contributed by atoms with E-state index < -0.39 is 0 Å². The van der Waals surface area contributed by atoms with E-state index in [1.54, 1.807) is 6.20 Å². The number of likely N-dealkylation sites (N-methyl/N-ethyl adjacent to an activating group) is 1. The number of nitrogens with one attached hydrogen (secondary N) is 1. The molecule has 0 bridgehead atoms. The molecular formula is C12H17BrClN3O. The number of carbonyl (C=O) groups excluding carboxylic acids is 1. The van der Waals surface area contributed by atoms with Crippen LogP contribution in [0.4, 0.5) is 0 Å². The van der Waals surface area contributed by atoms with E-state index in [1.807, 2.05) is 24.1 Å². The molecule has 1 aromatic rings. The first kappa shape index (κ1) is 15.4. The second-order valence-corrected chi connectivity index (χ2v) is 5.07. The number of aromatic nitrogens is 1. The van der Waals surface area contributed by atoms with Crippen LogP contribution in [0.2, 0.25) is 0 Å². The van der Waals surface area contributed by atoms with Crippen molar-refractivity contribution in [3.63, 3.8) is 0 Å². The van der Waals surface area contributed by atoms with E-state index in [-0.39, 0.29) is 18.3 Å². The molecule has 1 unspecified atom stereocenters. The molecule has 1 atom stereocenters. The summed E-state index contributed by atoms with van der Waals surface area (Å²) in [7, 11) is 1.94. The number of carbonyl (C=O) groups is 1. The number of rotatable bonds is 2. The number of hydrogen-bond donors (Lipinski definition) is 1. The molecule has 6 heteroatoms. The minimum absolute atomic E-state index is 0. The van der Waals surface area contributed by atoms with Crippen molar-refractivity contribution < 1.29 is 4.79 Å². The molecule has 2 rings (SSSR count). The van der Waals surface area contributed by atoms with Crippen molar-refractivity contribution in [2.24, 2.45) is 0 Å². The van der Waals surface area contributed by atoms with Crippen LogP contribution in [0.25, 0.3) is 0 Å². The Bertz CT molecular complexity index is 416. The van der Waals surface area contributed by atoms with E-state index in [2.05, 4.69) is 26.2 Å². The van der Waals surface area contributed by atoms with Crippen LogP contribution in [0.15, 0.2) is 22.8 Å². The first-order valence-electron chi connectivity index (χ1n) is 5.79. The fourth-order valence-corrected chi connectivity index (χ4v) is 2.51. The largest absolute Gasteiger partial charge is 0.336 e. The molecule has 1 saturated heterocycles. The van der Waals surface area contributed by atoms with Gasteiger partial charge in [0.1, 0.15) is 5.69 Å². The molecule has 0 aromatic carbocycles. The van der Waals surface area contributed by atoms with E-state index in [9.17, 15) is 4.79 Å². The van der Waals surface area contributed by atoms with Crippen molar-refractivity contribution >= 4 is 34.2 Å². The van der Waals surface area contributed by atoms with Crippen LogP contribution < -0.4 is 5.32 Å². The maximum atomic E-state index is 12.3. The number of nitrogens with zero attached hydrogens (tertiary/aromatic N) is 2. The van der Waals surface area contributed by atoms with Gasteiger partial charge in [0.15, 0.2) is 0 Å². The van der Waals surface area contributed by atoms with Crippen molar-refractivity contribution in [1.29, 1.82) is 0 Å². The van der Waals surface area contributed by atoms with Crippen LogP contribution >= 0.6 is 28.3 Å². The van der Waals surface area contributed by atoms with Crippen LogP contribution in [0.1, 0.15) is 23.3 Å². The number of amides is 1. The summed E-state index contributed by atoms with van der Waals surface area (Å²) in [6.45, 7) is 1.58. The molecule has 18 heavy (non-hydrogen) atoms. The average Bonchev–Trinajstić information content (AvgIpc) is 2.38. The van der Waals surface area contributed by atoms with Gasteiger partial charge >= 0.3 is 0 Å². The van der Waals surface area contributed by atoms with Gasteiger partial charge < -0.3 is 10.2 Å². The van der Waals surface area contributed by atoms with Gasteiger partial charge in [0.25, 0.3) is 5.91 Å².